The minimum absolute atomic E-state index is 0.194. The summed E-state index contributed by atoms with van der Waals surface area (Å²) in [5.41, 5.74) is 1.61. The second kappa shape index (κ2) is 9.93. The van der Waals surface area contributed by atoms with Gasteiger partial charge in [0.1, 0.15) is 24.4 Å². The average Bonchev–Trinajstić information content (AvgIpc) is 2.72. The van der Waals surface area contributed by atoms with Gasteiger partial charge in [0.15, 0.2) is 0 Å². The summed E-state index contributed by atoms with van der Waals surface area (Å²) in [5, 5.41) is 42.8. The molecule has 0 bridgehead atoms. The molecule has 1 aliphatic rings. The zero-order valence-corrected chi connectivity index (χ0v) is 17.1. The van der Waals surface area contributed by atoms with E-state index in [1.165, 1.54) is 0 Å². The Morgan fingerprint density at radius 2 is 1.67 bits per heavy atom. The van der Waals surface area contributed by atoms with Crippen molar-refractivity contribution >= 4 is 40.5 Å². The number of carbonyl (C=O) groups is 1. The molecule has 8 nitrogen and oxygen atoms in total. The summed E-state index contributed by atoms with van der Waals surface area (Å²) in [6.07, 6.45) is -7.73. The number of para-hydroxylation sites is 2. The molecule has 1 saturated heterocycles. The van der Waals surface area contributed by atoms with Gasteiger partial charge in [0, 0.05) is 5.69 Å². The Hall–Kier alpha value is -1.91. The molecule has 5 N–H and O–H groups in total. The third kappa shape index (κ3) is 5.04. The molecular formula is C20H21Cl2NO7. The number of aliphatic hydroxyl groups excluding tert-OH is 4. The molecule has 0 aromatic heterocycles. The summed E-state index contributed by atoms with van der Waals surface area (Å²) in [6.45, 7) is -0.621. The first-order valence-corrected chi connectivity index (χ1v) is 9.86. The lowest BCUT2D eigenvalue weighted by molar-refractivity contribution is -0.292. The average molecular weight is 458 g/mol. The number of halogens is 2. The van der Waals surface area contributed by atoms with Crippen LogP contribution in [0.4, 0.5) is 11.4 Å². The Morgan fingerprint density at radius 1 is 1.00 bits per heavy atom. The normalized spacial score (nSPS) is 26.3. The van der Waals surface area contributed by atoms with E-state index in [2.05, 4.69) is 5.32 Å². The summed E-state index contributed by atoms with van der Waals surface area (Å²) in [7, 11) is 0. The molecule has 5 atom stereocenters. The number of esters is 1. The molecule has 0 radical (unpaired) electrons. The molecule has 162 valence electrons. The van der Waals surface area contributed by atoms with Gasteiger partial charge < -0.3 is 35.2 Å². The van der Waals surface area contributed by atoms with E-state index < -0.39 is 43.3 Å². The lowest BCUT2D eigenvalue weighted by atomic mass is 9.99. The lowest BCUT2D eigenvalue weighted by Gasteiger charge is -2.39. The monoisotopic (exact) mass is 457 g/mol. The van der Waals surface area contributed by atoms with Crippen molar-refractivity contribution in [3.8, 4) is 0 Å². The van der Waals surface area contributed by atoms with Gasteiger partial charge in [0.25, 0.3) is 0 Å². The molecule has 10 heteroatoms. The highest BCUT2D eigenvalue weighted by Crippen LogP contribution is 2.33. The van der Waals surface area contributed by atoms with Crippen molar-refractivity contribution in [3.05, 3.63) is 58.1 Å². The Morgan fingerprint density at radius 3 is 2.33 bits per heavy atom. The van der Waals surface area contributed by atoms with E-state index in [0.29, 0.717) is 27.0 Å². The molecule has 1 unspecified atom stereocenters. The number of ether oxygens (including phenoxy) is 2. The number of benzene rings is 2. The van der Waals surface area contributed by atoms with Crippen LogP contribution in [0, 0.1) is 0 Å². The molecule has 0 spiro atoms. The summed E-state index contributed by atoms with van der Waals surface area (Å²) < 4.78 is 10.3. The Kier molecular flexibility index (Phi) is 7.54. The minimum Gasteiger partial charge on any atom is -0.432 e. The fourth-order valence-electron chi connectivity index (χ4n) is 3.04. The zero-order chi connectivity index (χ0) is 21.8. The number of aliphatic hydroxyl groups is 4. The molecule has 1 fully saturated rings. The van der Waals surface area contributed by atoms with Crippen molar-refractivity contribution in [3.63, 3.8) is 0 Å². The van der Waals surface area contributed by atoms with Crippen LogP contribution in [0.5, 0.6) is 0 Å². The van der Waals surface area contributed by atoms with Gasteiger partial charge in [-0.15, -0.1) is 0 Å². The first-order chi connectivity index (χ1) is 14.3. The van der Waals surface area contributed by atoms with E-state index in [9.17, 15) is 25.2 Å². The number of nitrogens with one attached hydrogen (secondary N) is 1. The second-order valence-corrected chi connectivity index (χ2v) is 7.56. The Labute approximate surface area is 182 Å². The van der Waals surface area contributed by atoms with Crippen molar-refractivity contribution in [1.29, 1.82) is 0 Å². The highest BCUT2D eigenvalue weighted by Gasteiger charge is 2.45. The predicted molar refractivity (Wildman–Crippen MR) is 110 cm³/mol. The maximum atomic E-state index is 12.4. The predicted octanol–water partition coefficient (Wildman–Crippen LogP) is 1.62. The van der Waals surface area contributed by atoms with Crippen LogP contribution in [-0.2, 0) is 20.7 Å². The van der Waals surface area contributed by atoms with Gasteiger partial charge in [-0.1, -0.05) is 47.5 Å². The standard InChI is InChI=1S/C20H21Cl2NO7/c21-11-5-3-6-12(22)16(11)23-13-7-2-1-4-10(13)8-15(25)30-20-19(28)18(27)17(26)14(9-24)29-20/h1-7,14,17-20,23-24,26-28H,8-9H2/t14-,17-,18+,19+,20?/m1/s1. The third-order valence-electron chi connectivity index (χ3n) is 4.67. The van der Waals surface area contributed by atoms with Crippen molar-refractivity contribution in [2.45, 2.75) is 37.1 Å². The highest BCUT2D eigenvalue weighted by molar-refractivity contribution is 6.39. The summed E-state index contributed by atoms with van der Waals surface area (Å²) in [6, 6.07) is 12.0. The smallest absolute Gasteiger partial charge is 0.312 e. The molecular weight excluding hydrogens is 437 g/mol. The molecule has 1 aliphatic heterocycles. The topological polar surface area (TPSA) is 128 Å². The van der Waals surface area contributed by atoms with E-state index in [0.717, 1.165) is 0 Å². The number of rotatable bonds is 6. The van der Waals surface area contributed by atoms with E-state index in [1.807, 2.05) is 0 Å². The first-order valence-electron chi connectivity index (χ1n) is 9.10. The third-order valence-corrected chi connectivity index (χ3v) is 5.30. The van der Waals surface area contributed by atoms with E-state index >= 15 is 0 Å². The summed E-state index contributed by atoms with van der Waals surface area (Å²) >= 11 is 12.4. The number of hydrogen-bond donors (Lipinski definition) is 5. The summed E-state index contributed by atoms with van der Waals surface area (Å²) in [4.78, 5) is 12.4. The van der Waals surface area contributed by atoms with Crippen LogP contribution in [0.3, 0.4) is 0 Å². The van der Waals surface area contributed by atoms with Crippen LogP contribution in [0.1, 0.15) is 5.56 Å². The van der Waals surface area contributed by atoms with Crippen molar-refractivity contribution in [2.24, 2.45) is 0 Å². The van der Waals surface area contributed by atoms with Crippen LogP contribution in [0.2, 0.25) is 10.0 Å². The Balaban J connectivity index is 1.72. The van der Waals surface area contributed by atoms with Gasteiger partial charge in [-0.05, 0) is 23.8 Å². The highest BCUT2D eigenvalue weighted by atomic mass is 35.5. The van der Waals surface area contributed by atoms with Crippen molar-refractivity contribution in [2.75, 3.05) is 11.9 Å². The van der Waals surface area contributed by atoms with Crippen LogP contribution in [-0.4, -0.2) is 63.7 Å². The van der Waals surface area contributed by atoms with Gasteiger partial charge >= 0.3 is 5.97 Å². The van der Waals surface area contributed by atoms with E-state index in [1.54, 1.807) is 42.5 Å². The quantitative estimate of drug-likeness (QED) is 0.414. The molecule has 0 saturated carbocycles. The number of carbonyl (C=O) groups excluding carboxylic acids is 1. The van der Waals surface area contributed by atoms with Gasteiger partial charge in [-0.2, -0.15) is 0 Å². The number of anilines is 2. The molecule has 0 amide bonds. The van der Waals surface area contributed by atoms with Crippen LogP contribution < -0.4 is 5.32 Å². The fourth-order valence-corrected chi connectivity index (χ4v) is 3.53. The van der Waals surface area contributed by atoms with Gasteiger partial charge in [-0.3, -0.25) is 4.79 Å². The van der Waals surface area contributed by atoms with Crippen molar-refractivity contribution < 1.29 is 34.7 Å². The van der Waals surface area contributed by atoms with E-state index in [-0.39, 0.29) is 6.42 Å². The SMILES string of the molecule is O=C(Cc1ccccc1Nc1c(Cl)cccc1Cl)OC1O[C@H](CO)[C@@H](O)[C@H](O)[C@@H]1O. The summed E-state index contributed by atoms with van der Waals surface area (Å²) in [5.74, 6) is -0.751. The molecule has 1 heterocycles. The molecule has 2 aromatic carbocycles. The molecule has 2 aromatic rings. The zero-order valence-electron chi connectivity index (χ0n) is 15.6. The fraction of sp³-hybridized carbons (Fsp3) is 0.350. The van der Waals surface area contributed by atoms with Gasteiger partial charge in [0.2, 0.25) is 6.29 Å². The second-order valence-electron chi connectivity index (χ2n) is 6.74. The van der Waals surface area contributed by atoms with E-state index in [4.69, 9.17) is 32.7 Å². The minimum atomic E-state index is -1.66. The van der Waals surface area contributed by atoms with Crippen molar-refractivity contribution in [1.82, 2.24) is 0 Å². The van der Waals surface area contributed by atoms with Crippen LogP contribution in [0.15, 0.2) is 42.5 Å². The van der Waals surface area contributed by atoms with Gasteiger partial charge in [-0.25, -0.2) is 0 Å². The number of hydrogen-bond acceptors (Lipinski definition) is 8. The molecule has 30 heavy (non-hydrogen) atoms. The Bertz CT molecular complexity index is 875. The first kappa shape index (κ1) is 22.8. The van der Waals surface area contributed by atoms with Crippen LogP contribution >= 0.6 is 23.2 Å². The lowest BCUT2D eigenvalue weighted by Crippen LogP contribution is -2.59. The largest absolute Gasteiger partial charge is 0.432 e. The molecule has 0 aliphatic carbocycles. The maximum Gasteiger partial charge on any atom is 0.312 e. The van der Waals surface area contributed by atoms with Crippen LogP contribution in [0.25, 0.3) is 0 Å². The maximum absolute atomic E-state index is 12.4. The van der Waals surface area contributed by atoms with Gasteiger partial charge in [0.05, 0.1) is 28.8 Å². The molecule has 3 rings (SSSR count).